The number of nitrogens with zero attached hydrogens (tertiary/aromatic N) is 2. The summed E-state index contributed by atoms with van der Waals surface area (Å²) in [5.74, 6) is 2.41. The van der Waals surface area contributed by atoms with Gasteiger partial charge in [-0.05, 0) is 25.5 Å². The Morgan fingerprint density at radius 2 is 1.95 bits per heavy atom. The molecule has 0 bridgehead atoms. The van der Waals surface area contributed by atoms with E-state index >= 15 is 0 Å². The van der Waals surface area contributed by atoms with Crippen LogP contribution in [-0.2, 0) is 6.42 Å². The second-order valence-electron chi connectivity index (χ2n) is 4.46. The molecule has 6 heteroatoms. The van der Waals surface area contributed by atoms with E-state index in [1.807, 2.05) is 6.92 Å². The Labute approximate surface area is 134 Å². The van der Waals surface area contributed by atoms with Gasteiger partial charge in [0.1, 0.15) is 17.4 Å². The molecule has 0 amide bonds. The molecule has 1 heterocycles. The van der Waals surface area contributed by atoms with E-state index in [0.29, 0.717) is 21.7 Å². The molecule has 0 spiro atoms. The van der Waals surface area contributed by atoms with Crippen LogP contribution in [0.1, 0.15) is 26.1 Å². The molecule has 0 aliphatic carbocycles. The van der Waals surface area contributed by atoms with Gasteiger partial charge >= 0.3 is 0 Å². The van der Waals surface area contributed by atoms with E-state index in [-0.39, 0.29) is 0 Å². The Kier molecular flexibility index (Phi) is 5.65. The Balaban J connectivity index is 2.31. The Hall–Kier alpha value is -1.52. The zero-order chi connectivity index (χ0) is 15.2. The summed E-state index contributed by atoms with van der Waals surface area (Å²) in [6.07, 6.45) is 1.76. The van der Waals surface area contributed by atoms with Crippen LogP contribution >= 0.6 is 23.2 Å². The lowest BCUT2D eigenvalue weighted by Crippen LogP contribution is -2.04. The van der Waals surface area contributed by atoms with Crippen LogP contribution in [0.5, 0.6) is 11.6 Å². The lowest BCUT2D eigenvalue weighted by atomic mass is 10.3. The lowest BCUT2D eigenvalue weighted by molar-refractivity contribution is 0.459. The van der Waals surface area contributed by atoms with Gasteiger partial charge < -0.3 is 10.1 Å². The summed E-state index contributed by atoms with van der Waals surface area (Å²) in [4.78, 5) is 8.83. The molecule has 0 saturated carbocycles. The van der Waals surface area contributed by atoms with E-state index in [1.165, 1.54) is 0 Å². The van der Waals surface area contributed by atoms with Crippen molar-refractivity contribution in [1.29, 1.82) is 0 Å². The van der Waals surface area contributed by atoms with Crippen molar-refractivity contribution in [3.05, 3.63) is 40.1 Å². The Morgan fingerprint density at radius 3 is 2.67 bits per heavy atom. The molecule has 0 aliphatic heterocycles. The highest BCUT2D eigenvalue weighted by atomic mass is 35.5. The number of aryl methyl sites for hydroxylation is 1. The summed E-state index contributed by atoms with van der Waals surface area (Å²) in [5, 5.41) is 4.21. The fraction of sp³-hybridized carbons (Fsp3) is 0.333. The zero-order valence-corrected chi connectivity index (χ0v) is 13.5. The van der Waals surface area contributed by atoms with Crippen molar-refractivity contribution in [3.8, 4) is 11.6 Å². The summed E-state index contributed by atoms with van der Waals surface area (Å²) in [7, 11) is 0. The van der Waals surface area contributed by atoms with E-state index in [2.05, 4.69) is 22.2 Å². The standard InChI is InChI=1S/C15H17Cl2N3O/c1-3-5-13-19-14(18-4-2)9-15(20-13)21-12-8-10(16)6-7-11(12)17/h6-9H,3-5H2,1-2H3,(H,18,19,20). The SMILES string of the molecule is CCCc1nc(NCC)cc(Oc2cc(Cl)ccc2Cl)n1. The highest BCUT2D eigenvalue weighted by Gasteiger charge is 2.09. The highest BCUT2D eigenvalue weighted by Crippen LogP contribution is 2.31. The van der Waals surface area contributed by atoms with Gasteiger partial charge in [-0.25, -0.2) is 4.98 Å². The fourth-order valence-electron chi connectivity index (χ4n) is 1.80. The van der Waals surface area contributed by atoms with Crippen LogP contribution < -0.4 is 10.1 Å². The third-order valence-corrected chi connectivity index (χ3v) is 3.24. The van der Waals surface area contributed by atoms with Crippen molar-refractivity contribution in [3.63, 3.8) is 0 Å². The van der Waals surface area contributed by atoms with Gasteiger partial charge in [-0.2, -0.15) is 4.98 Å². The maximum atomic E-state index is 6.11. The first-order valence-corrected chi connectivity index (χ1v) is 7.62. The van der Waals surface area contributed by atoms with Crippen LogP contribution in [-0.4, -0.2) is 16.5 Å². The second-order valence-corrected chi connectivity index (χ2v) is 5.31. The number of benzene rings is 1. The summed E-state index contributed by atoms with van der Waals surface area (Å²) in [6, 6.07) is 6.82. The van der Waals surface area contributed by atoms with Crippen LogP contribution in [0.4, 0.5) is 5.82 Å². The van der Waals surface area contributed by atoms with Crippen molar-refractivity contribution in [2.45, 2.75) is 26.7 Å². The smallest absolute Gasteiger partial charge is 0.224 e. The Morgan fingerprint density at radius 1 is 1.14 bits per heavy atom. The van der Waals surface area contributed by atoms with Crippen LogP contribution in [0.3, 0.4) is 0 Å². The van der Waals surface area contributed by atoms with Gasteiger partial charge in [0.05, 0.1) is 5.02 Å². The number of rotatable bonds is 6. The quantitative estimate of drug-likeness (QED) is 0.815. The fourth-order valence-corrected chi connectivity index (χ4v) is 2.12. The predicted molar refractivity (Wildman–Crippen MR) is 86.7 cm³/mol. The molecule has 1 aromatic heterocycles. The number of ether oxygens (including phenoxy) is 1. The van der Waals surface area contributed by atoms with E-state index in [0.717, 1.165) is 31.0 Å². The zero-order valence-electron chi connectivity index (χ0n) is 12.0. The number of hydrogen-bond acceptors (Lipinski definition) is 4. The molecular formula is C15H17Cl2N3O. The predicted octanol–water partition coefficient (Wildman–Crippen LogP) is 4.96. The van der Waals surface area contributed by atoms with E-state index < -0.39 is 0 Å². The molecule has 1 N–H and O–H groups in total. The number of aromatic nitrogens is 2. The number of hydrogen-bond donors (Lipinski definition) is 1. The maximum absolute atomic E-state index is 6.11. The van der Waals surface area contributed by atoms with Gasteiger partial charge in [-0.3, -0.25) is 0 Å². The van der Waals surface area contributed by atoms with Gasteiger partial charge in [0, 0.05) is 30.1 Å². The van der Waals surface area contributed by atoms with E-state index in [4.69, 9.17) is 27.9 Å². The van der Waals surface area contributed by atoms with Gasteiger partial charge in [0.15, 0.2) is 0 Å². The molecule has 21 heavy (non-hydrogen) atoms. The molecule has 4 nitrogen and oxygen atoms in total. The topological polar surface area (TPSA) is 47.0 Å². The second kappa shape index (κ2) is 7.48. The summed E-state index contributed by atoms with van der Waals surface area (Å²) in [6.45, 7) is 4.87. The average Bonchev–Trinajstić information content (AvgIpc) is 2.43. The third kappa shape index (κ3) is 4.48. The number of halogens is 2. The summed E-state index contributed by atoms with van der Waals surface area (Å²) >= 11 is 12.1. The minimum atomic E-state index is 0.452. The van der Waals surface area contributed by atoms with Crippen molar-refractivity contribution in [2.75, 3.05) is 11.9 Å². The van der Waals surface area contributed by atoms with Gasteiger partial charge in [0.2, 0.25) is 5.88 Å². The largest absolute Gasteiger partial charge is 0.437 e. The van der Waals surface area contributed by atoms with Crippen molar-refractivity contribution in [2.24, 2.45) is 0 Å². The minimum Gasteiger partial charge on any atom is -0.437 e. The molecule has 2 rings (SSSR count). The summed E-state index contributed by atoms with van der Waals surface area (Å²) in [5.41, 5.74) is 0. The van der Waals surface area contributed by atoms with Crippen molar-refractivity contribution >= 4 is 29.0 Å². The minimum absolute atomic E-state index is 0.452. The third-order valence-electron chi connectivity index (χ3n) is 2.69. The monoisotopic (exact) mass is 325 g/mol. The van der Waals surface area contributed by atoms with Gasteiger partial charge in [-0.15, -0.1) is 0 Å². The van der Waals surface area contributed by atoms with Gasteiger partial charge in [-0.1, -0.05) is 30.1 Å². The molecule has 112 valence electrons. The van der Waals surface area contributed by atoms with E-state index in [9.17, 15) is 0 Å². The van der Waals surface area contributed by atoms with Crippen LogP contribution in [0.15, 0.2) is 24.3 Å². The molecule has 2 aromatic rings. The first-order valence-electron chi connectivity index (χ1n) is 6.87. The van der Waals surface area contributed by atoms with Crippen LogP contribution in [0.25, 0.3) is 0 Å². The molecule has 0 radical (unpaired) electrons. The molecular weight excluding hydrogens is 309 g/mol. The first kappa shape index (κ1) is 15.9. The van der Waals surface area contributed by atoms with Gasteiger partial charge in [0.25, 0.3) is 0 Å². The van der Waals surface area contributed by atoms with Crippen molar-refractivity contribution < 1.29 is 4.74 Å². The molecule has 0 aliphatic rings. The van der Waals surface area contributed by atoms with E-state index in [1.54, 1.807) is 24.3 Å². The molecule has 0 atom stereocenters. The highest BCUT2D eigenvalue weighted by molar-refractivity contribution is 6.34. The van der Waals surface area contributed by atoms with Crippen LogP contribution in [0.2, 0.25) is 10.0 Å². The normalized spacial score (nSPS) is 10.5. The molecule has 0 saturated heterocycles. The number of nitrogens with one attached hydrogen (secondary N) is 1. The Bertz CT molecular complexity index is 596. The van der Waals surface area contributed by atoms with Crippen LogP contribution in [0, 0.1) is 0 Å². The molecule has 1 aromatic carbocycles. The first-order chi connectivity index (χ1) is 10.1. The van der Waals surface area contributed by atoms with Crippen molar-refractivity contribution in [1.82, 2.24) is 9.97 Å². The molecule has 0 fully saturated rings. The maximum Gasteiger partial charge on any atom is 0.224 e. The average molecular weight is 326 g/mol. The lowest BCUT2D eigenvalue weighted by Gasteiger charge is -2.10. The summed E-state index contributed by atoms with van der Waals surface area (Å²) < 4.78 is 5.76. The number of anilines is 1. The molecule has 0 unspecified atom stereocenters.